The van der Waals surface area contributed by atoms with E-state index in [1.165, 1.54) is 0 Å². The molecule has 0 radical (unpaired) electrons. The van der Waals surface area contributed by atoms with E-state index in [4.69, 9.17) is 5.73 Å². The van der Waals surface area contributed by atoms with Crippen LogP contribution in [0.25, 0.3) is 0 Å². The Bertz CT molecular complexity index is 209. The van der Waals surface area contributed by atoms with Crippen molar-refractivity contribution in [1.29, 1.82) is 0 Å². The number of primary amides is 1. The maximum absolute atomic E-state index is 10.2. The molecule has 0 aromatic carbocycles. The van der Waals surface area contributed by atoms with Gasteiger partial charge in [-0.1, -0.05) is 0 Å². The monoisotopic (exact) mass is 166 g/mol. The van der Waals surface area contributed by atoms with Gasteiger partial charge in [-0.2, -0.15) is 0 Å². The van der Waals surface area contributed by atoms with Gasteiger partial charge in [0.05, 0.1) is 5.75 Å². The van der Waals surface area contributed by atoms with Crippen LogP contribution in [-0.2, 0) is 14.8 Å². The first kappa shape index (κ1) is 9.38. The summed E-state index contributed by atoms with van der Waals surface area (Å²) in [6.45, 7) is 0. The van der Waals surface area contributed by atoms with Gasteiger partial charge >= 0.3 is 0 Å². The molecule has 0 bridgehead atoms. The fourth-order valence-corrected chi connectivity index (χ4v) is 0.994. The van der Waals surface area contributed by atoms with Crippen LogP contribution in [0.1, 0.15) is 12.8 Å². The number of hydrogen-bond acceptors (Lipinski definition) is 3. The Morgan fingerprint density at radius 1 is 1.40 bits per heavy atom. The van der Waals surface area contributed by atoms with Gasteiger partial charge in [0.25, 0.3) is 0 Å². The van der Waals surface area contributed by atoms with Crippen LogP contribution in [0.5, 0.6) is 0 Å². The number of rotatable bonds is 4. The van der Waals surface area contributed by atoms with Crippen molar-refractivity contribution >= 4 is 15.9 Å². The zero-order chi connectivity index (χ0) is 8.20. The highest BCUT2D eigenvalue weighted by atomic mass is 32.2. The third-order valence-corrected chi connectivity index (χ3v) is 1.71. The molecule has 0 spiro atoms. The maximum atomic E-state index is 10.2. The van der Waals surface area contributed by atoms with Crippen molar-refractivity contribution in [1.82, 2.24) is 0 Å². The smallest absolute Gasteiger partial charge is 0.217 e. The number of sulfonamides is 1. The van der Waals surface area contributed by atoms with Crippen molar-refractivity contribution < 1.29 is 13.2 Å². The molecular formula is C4H10N2O3S. The van der Waals surface area contributed by atoms with Crippen molar-refractivity contribution in [3.63, 3.8) is 0 Å². The number of primary sulfonamides is 1. The Hall–Kier alpha value is -0.620. The quantitative estimate of drug-likeness (QED) is 0.533. The maximum Gasteiger partial charge on any atom is 0.217 e. The second-order valence-electron chi connectivity index (χ2n) is 1.94. The highest BCUT2D eigenvalue weighted by Crippen LogP contribution is 1.89. The molecule has 0 saturated heterocycles. The topological polar surface area (TPSA) is 103 Å². The number of hydrogen-bond donors (Lipinski definition) is 2. The molecule has 6 heteroatoms. The predicted octanol–water partition coefficient (Wildman–Crippen LogP) is -1.46. The van der Waals surface area contributed by atoms with Crippen LogP contribution in [0.2, 0.25) is 0 Å². The molecule has 60 valence electrons. The standard InChI is InChI=1S/C4H10N2O3S/c5-4(7)2-1-3-10(6,8)9/h1-3H2,(H2,5,7)(H2,6,8,9). The summed E-state index contributed by atoms with van der Waals surface area (Å²) in [5, 5.41) is 4.64. The summed E-state index contributed by atoms with van der Waals surface area (Å²) in [7, 11) is -3.43. The zero-order valence-electron chi connectivity index (χ0n) is 5.41. The van der Waals surface area contributed by atoms with E-state index in [0.29, 0.717) is 0 Å². The normalized spacial score (nSPS) is 11.3. The second-order valence-corrected chi connectivity index (χ2v) is 3.67. The van der Waals surface area contributed by atoms with E-state index in [-0.39, 0.29) is 18.6 Å². The molecule has 0 aromatic rings. The van der Waals surface area contributed by atoms with Crippen LogP contribution in [0.15, 0.2) is 0 Å². The zero-order valence-corrected chi connectivity index (χ0v) is 6.23. The SMILES string of the molecule is NC(=O)CCCS(N)(=O)=O. The lowest BCUT2D eigenvalue weighted by atomic mass is 10.3. The van der Waals surface area contributed by atoms with Crippen molar-refractivity contribution in [3.05, 3.63) is 0 Å². The first-order chi connectivity index (χ1) is 4.42. The molecule has 0 aliphatic carbocycles. The number of nitrogens with two attached hydrogens (primary N) is 2. The molecule has 0 heterocycles. The van der Waals surface area contributed by atoms with E-state index < -0.39 is 15.9 Å². The van der Waals surface area contributed by atoms with Gasteiger partial charge in [0.15, 0.2) is 0 Å². The summed E-state index contributed by atoms with van der Waals surface area (Å²) in [6.07, 6.45) is 0.268. The van der Waals surface area contributed by atoms with Crippen molar-refractivity contribution in [2.75, 3.05) is 5.75 Å². The van der Waals surface area contributed by atoms with Gasteiger partial charge in [-0.3, -0.25) is 4.79 Å². The Morgan fingerprint density at radius 3 is 2.20 bits per heavy atom. The van der Waals surface area contributed by atoms with E-state index in [9.17, 15) is 13.2 Å². The average Bonchev–Trinajstić information content (AvgIpc) is 1.59. The molecule has 0 aliphatic rings. The predicted molar refractivity (Wildman–Crippen MR) is 36.4 cm³/mol. The van der Waals surface area contributed by atoms with Crippen LogP contribution < -0.4 is 10.9 Å². The molecule has 5 nitrogen and oxygen atoms in total. The lowest BCUT2D eigenvalue weighted by Gasteiger charge is -1.93. The van der Waals surface area contributed by atoms with Gasteiger partial charge in [0.2, 0.25) is 15.9 Å². The summed E-state index contributed by atoms with van der Waals surface area (Å²) >= 11 is 0. The van der Waals surface area contributed by atoms with Crippen molar-refractivity contribution in [2.45, 2.75) is 12.8 Å². The van der Waals surface area contributed by atoms with Crippen molar-refractivity contribution in [3.8, 4) is 0 Å². The molecule has 0 unspecified atom stereocenters. The number of carbonyl (C=O) groups excluding carboxylic acids is 1. The van der Waals surface area contributed by atoms with Crippen molar-refractivity contribution in [2.24, 2.45) is 10.9 Å². The first-order valence-corrected chi connectivity index (χ1v) is 4.42. The molecule has 4 N–H and O–H groups in total. The molecule has 1 amide bonds. The molecule has 0 aliphatic heterocycles. The Kier molecular flexibility index (Phi) is 3.31. The molecular weight excluding hydrogens is 156 g/mol. The second kappa shape index (κ2) is 3.52. The largest absolute Gasteiger partial charge is 0.370 e. The lowest BCUT2D eigenvalue weighted by molar-refractivity contribution is -0.118. The van der Waals surface area contributed by atoms with Gasteiger partial charge in [-0.15, -0.1) is 0 Å². The fourth-order valence-electron chi connectivity index (χ4n) is 0.448. The highest BCUT2D eigenvalue weighted by Gasteiger charge is 2.02. The molecule has 0 fully saturated rings. The van der Waals surface area contributed by atoms with Gasteiger partial charge < -0.3 is 5.73 Å². The number of carbonyl (C=O) groups is 1. The van der Waals surface area contributed by atoms with Crippen LogP contribution in [0.4, 0.5) is 0 Å². The molecule has 0 aromatic heterocycles. The van der Waals surface area contributed by atoms with Crippen LogP contribution in [0, 0.1) is 0 Å². The number of amides is 1. The molecule has 0 atom stereocenters. The average molecular weight is 166 g/mol. The van der Waals surface area contributed by atoms with Crippen LogP contribution in [0.3, 0.4) is 0 Å². The highest BCUT2D eigenvalue weighted by molar-refractivity contribution is 7.89. The van der Waals surface area contributed by atoms with E-state index in [0.717, 1.165) is 0 Å². The third-order valence-electron chi connectivity index (χ3n) is 0.852. The van der Waals surface area contributed by atoms with E-state index in [1.807, 2.05) is 0 Å². The Labute approximate surface area is 59.4 Å². The minimum absolute atomic E-state index is 0.0659. The summed E-state index contributed by atoms with van der Waals surface area (Å²) in [5.74, 6) is -0.695. The Balaban J connectivity index is 3.49. The summed E-state index contributed by atoms with van der Waals surface area (Å²) < 4.78 is 20.5. The fraction of sp³-hybridized carbons (Fsp3) is 0.750. The van der Waals surface area contributed by atoms with Crippen LogP contribution >= 0.6 is 0 Å². The summed E-state index contributed by atoms with van der Waals surface area (Å²) in [4.78, 5) is 10.1. The van der Waals surface area contributed by atoms with Gasteiger partial charge in [0.1, 0.15) is 0 Å². The third kappa shape index (κ3) is 7.38. The van der Waals surface area contributed by atoms with E-state index >= 15 is 0 Å². The summed E-state index contributed by atoms with van der Waals surface area (Å²) in [6, 6.07) is 0. The molecule has 10 heavy (non-hydrogen) atoms. The molecule has 0 saturated carbocycles. The minimum atomic E-state index is -3.43. The van der Waals surface area contributed by atoms with Gasteiger partial charge in [-0.05, 0) is 6.42 Å². The summed E-state index contributed by atoms with van der Waals surface area (Å²) in [5.41, 5.74) is 4.75. The molecule has 0 rings (SSSR count). The van der Waals surface area contributed by atoms with Gasteiger partial charge in [-0.25, -0.2) is 13.6 Å². The lowest BCUT2D eigenvalue weighted by Crippen LogP contribution is -2.18. The Morgan fingerprint density at radius 2 is 1.90 bits per heavy atom. The minimum Gasteiger partial charge on any atom is -0.370 e. The first-order valence-electron chi connectivity index (χ1n) is 2.70. The van der Waals surface area contributed by atoms with Gasteiger partial charge in [0, 0.05) is 6.42 Å². The van der Waals surface area contributed by atoms with Crippen LogP contribution in [-0.4, -0.2) is 20.1 Å². The van der Waals surface area contributed by atoms with E-state index in [2.05, 4.69) is 5.14 Å². The van der Waals surface area contributed by atoms with E-state index in [1.54, 1.807) is 0 Å².